The van der Waals surface area contributed by atoms with Crippen molar-refractivity contribution >= 4 is 52.3 Å². The van der Waals surface area contributed by atoms with Crippen LogP contribution in [-0.4, -0.2) is 24.0 Å². The summed E-state index contributed by atoms with van der Waals surface area (Å²) in [5, 5.41) is 6.52. The first-order chi connectivity index (χ1) is 12.7. The number of anilines is 1. The molecule has 2 aromatic rings. The Hall–Kier alpha value is -1.95. The van der Waals surface area contributed by atoms with Gasteiger partial charge in [0.1, 0.15) is 5.75 Å². The topological polar surface area (TPSA) is 67.4 Å². The molecule has 2 N–H and O–H groups in total. The van der Waals surface area contributed by atoms with Gasteiger partial charge in [0.15, 0.2) is 6.10 Å². The minimum atomic E-state index is -0.854. The van der Waals surface area contributed by atoms with Gasteiger partial charge in [-0.2, -0.15) is 0 Å². The van der Waals surface area contributed by atoms with Crippen LogP contribution >= 0.6 is 34.8 Å². The van der Waals surface area contributed by atoms with Crippen LogP contribution in [0.5, 0.6) is 5.75 Å². The van der Waals surface area contributed by atoms with Crippen molar-refractivity contribution in [2.45, 2.75) is 32.9 Å². The number of carbonyl (C=O) groups excluding carboxylic acids is 2. The molecule has 27 heavy (non-hydrogen) atoms. The van der Waals surface area contributed by atoms with E-state index < -0.39 is 12.0 Å². The Morgan fingerprint density at radius 3 is 2.30 bits per heavy atom. The zero-order valence-corrected chi connectivity index (χ0v) is 17.2. The number of hydrogen-bond donors (Lipinski definition) is 2. The van der Waals surface area contributed by atoms with E-state index in [1.54, 1.807) is 31.2 Å². The molecule has 1 atom stereocenters. The summed E-state index contributed by atoms with van der Waals surface area (Å²) in [6.07, 6.45) is -0.854. The molecule has 0 spiro atoms. The first kappa shape index (κ1) is 21.4. The predicted octanol–water partition coefficient (Wildman–Crippen LogP) is 5.19. The van der Waals surface area contributed by atoms with Crippen LogP contribution < -0.4 is 15.4 Å². The molecule has 0 aromatic heterocycles. The third kappa shape index (κ3) is 6.03. The largest absolute Gasteiger partial charge is 0.479 e. The highest BCUT2D eigenvalue weighted by Crippen LogP contribution is 2.29. The van der Waals surface area contributed by atoms with Gasteiger partial charge in [-0.1, -0.05) is 34.8 Å². The Bertz CT molecular complexity index is 856. The number of hydrogen-bond acceptors (Lipinski definition) is 3. The summed E-state index contributed by atoms with van der Waals surface area (Å²) in [5.41, 5.74) is 0.702. The van der Waals surface area contributed by atoms with Gasteiger partial charge in [0.2, 0.25) is 0 Å². The monoisotopic (exact) mass is 428 g/mol. The lowest BCUT2D eigenvalue weighted by atomic mass is 10.1. The Morgan fingerprint density at radius 1 is 0.963 bits per heavy atom. The van der Waals surface area contributed by atoms with Crippen LogP contribution in [0.4, 0.5) is 5.69 Å². The van der Waals surface area contributed by atoms with E-state index >= 15 is 0 Å². The highest BCUT2D eigenvalue weighted by Gasteiger charge is 2.18. The van der Waals surface area contributed by atoms with Gasteiger partial charge in [-0.05, 0) is 57.2 Å². The molecule has 8 heteroatoms. The normalized spacial score (nSPS) is 11.8. The van der Waals surface area contributed by atoms with E-state index in [-0.39, 0.29) is 11.9 Å². The second-order valence-corrected chi connectivity index (χ2v) is 7.40. The Labute approximate surface area is 172 Å². The fourth-order valence-corrected chi connectivity index (χ4v) is 2.77. The molecule has 2 rings (SSSR count). The molecule has 0 aliphatic rings. The maximum atomic E-state index is 12.4. The molecule has 0 aliphatic heterocycles. The zero-order valence-electron chi connectivity index (χ0n) is 15.0. The van der Waals surface area contributed by atoms with Crippen molar-refractivity contribution in [3.05, 3.63) is 57.0 Å². The third-order valence-corrected chi connectivity index (χ3v) is 4.33. The lowest BCUT2D eigenvalue weighted by Gasteiger charge is -2.17. The van der Waals surface area contributed by atoms with E-state index in [0.29, 0.717) is 32.1 Å². The third-order valence-electron chi connectivity index (χ3n) is 3.47. The summed E-state index contributed by atoms with van der Waals surface area (Å²) in [6.45, 7) is 5.29. The second-order valence-electron chi connectivity index (χ2n) is 6.15. The number of ether oxygens (including phenoxy) is 1. The van der Waals surface area contributed by atoms with Gasteiger partial charge in [0, 0.05) is 16.6 Å². The highest BCUT2D eigenvalue weighted by atomic mass is 35.5. The molecule has 0 bridgehead atoms. The van der Waals surface area contributed by atoms with E-state index in [4.69, 9.17) is 39.5 Å². The van der Waals surface area contributed by atoms with Crippen LogP contribution in [0.1, 0.15) is 31.1 Å². The molecular weight excluding hydrogens is 411 g/mol. The van der Waals surface area contributed by atoms with Crippen molar-refractivity contribution in [3.63, 3.8) is 0 Å². The van der Waals surface area contributed by atoms with E-state index in [9.17, 15) is 9.59 Å². The molecule has 0 fully saturated rings. The lowest BCUT2D eigenvalue weighted by molar-refractivity contribution is -0.122. The van der Waals surface area contributed by atoms with Gasteiger partial charge in [0.25, 0.3) is 11.8 Å². The number of carbonyl (C=O) groups is 2. The summed E-state index contributed by atoms with van der Waals surface area (Å²) in [4.78, 5) is 24.6. The Kier molecular flexibility index (Phi) is 7.36. The molecule has 5 nitrogen and oxygen atoms in total. The molecule has 0 aliphatic carbocycles. The highest BCUT2D eigenvalue weighted by molar-refractivity contribution is 6.35. The zero-order chi connectivity index (χ0) is 20.1. The molecule has 144 valence electrons. The number of benzene rings is 2. The Balaban J connectivity index is 2.11. The smallest absolute Gasteiger partial charge is 0.265 e. The van der Waals surface area contributed by atoms with Crippen molar-refractivity contribution in [3.8, 4) is 5.75 Å². The van der Waals surface area contributed by atoms with Crippen LogP contribution in [-0.2, 0) is 4.79 Å². The average molecular weight is 430 g/mol. The Morgan fingerprint density at radius 2 is 1.67 bits per heavy atom. The first-order valence-electron chi connectivity index (χ1n) is 8.20. The van der Waals surface area contributed by atoms with Gasteiger partial charge in [-0.25, -0.2) is 0 Å². The summed E-state index contributed by atoms with van der Waals surface area (Å²) in [6, 6.07) is 9.36. The summed E-state index contributed by atoms with van der Waals surface area (Å²) >= 11 is 18.0. The molecule has 0 saturated carbocycles. The van der Waals surface area contributed by atoms with Gasteiger partial charge in [0.05, 0.1) is 15.7 Å². The summed E-state index contributed by atoms with van der Waals surface area (Å²) in [5.74, 6) is -0.362. The molecule has 2 amide bonds. The van der Waals surface area contributed by atoms with Crippen molar-refractivity contribution in [1.29, 1.82) is 0 Å². The number of rotatable bonds is 6. The summed E-state index contributed by atoms with van der Waals surface area (Å²) in [7, 11) is 0. The molecular formula is C19H19Cl3N2O3. The molecule has 0 saturated heterocycles. The fraction of sp³-hybridized carbons (Fsp3) is 0.263. The van der Waals surface area contributed by atoms with Crippen LogP contribution in [0.2, 0.25) is 15.1 Å². The number of halogens is 3. The molecule has 0 radical (unpaired) electrons. The molecule has 0 heterocycles. The average Bonchev–Trinajstić information content (AvgIpc) is 2.58. The molecule has 2 aromatic carbocycles. The van der Waals surface area contributed by atoms with Crippen molar-refractivity contribution < 1.29 is 14.3 Å². The van der Waals surface area contributed by atoms with Gasteiger partial charge in [-0.3, -0.25) is 9.59 Å². The minimum absolute atomic E-state index is 0.0104. The van der Waals surface area contributed by atoms with Gasteiger partial charge in [-0.15, -0.1) is 0 Å². The lowest BCUT2D eigenvalue weighted by Crippen LogP contribution is -2.31. The van der Waals surface area contributed by atoms with Crippen LogP contribution in [0.15, 0.2) is 36.4 Å². The number of amides is 2. The van der Waals surface area contributed by atoms with Gasteiger partial charge >= 0.3 is 0 Å². The first-order valence-corrected chi connectivity index (χ1v) is 9.33. The van der Waals surface area contributed by atoms with E-state index in [0.717, 1.165) is 0 Å². The predicted molar refractivity (Wildman–Crippen MR) is 109 cm³/mol. The van der Waals surface area contributed by atoms with Crippen molar-refractivity contribution in [2.75, 3.05) is 5.32 Å². The maximum absolute atomic E-state index is 12.4. The quantitative estimate of drug-likeness (QED) is 0.664. The van der Waals surface area contributed by atoms with E-state index in [1.807, 2.05) is 13.8 Å². The van der Waals surface area contributed by atoms with E-state index in [1.165, 1.54) is 12.1 Å². The standard InChI is InChI=1S/C19H19Cl3N2O3/c1-10(2)23-19(26)12-4-6-14(21)16(8-12)24-18(25)11(3)27-17-7-5-13(20)9-15(17)22/h4-11H,1-3H3,(H,23,26)(H,24,25). The molecule has 1 unspecified atom stereocenters. The van der Waals surface area contributed by atoms with Crippen molar-refractivity contribution in [1.82, 2.24) is 5.32 Å². The van der Waals surface area contributed by atoms with Crippen LogP contribution in [0.3, 0.4) is 0 Å². The van der Waals surface area contributed by atoms with Crippen LogP contribution in [0.25, 0.3) is 0 Å². The van der Waals surface area contributed by atoms with Gasteiger partial charge < -0.3 is 15.4 Å². The fourth-order valence-electron chi connectivity index (χ4n) is 2.16. The minimum Gasteiger partial charge on any atom is -0.479 e. The van der Waals surface area contributed by atoms with Crippen molar-refractivity contribution in [2.24, 2.45) is 0 Å². The SMILES string of the molecule is CC(C)NC(=O)c1ccc(Cl)c(NC(=O)C(C)Oc2ccc(Cl)cc2Cl)c1. The number of nitrogens with one attached hydrogen (secondary N) is 2. The van der Waals surface area contributed by atoms with Crippen LogP contribution in [0, 0.1) is 0 Å². The second kappa shape index (κ2) is 9.31. The van der Waals surface area contributed by atoms with E-state index in [2.05, 4.69) is 10.6 Å². The summed E-state index contributed by atoms with van der Waals surface area (Å²) < 4.78 is 5.58. The maximum Gasteiger partial charge on any atom is 0.265 e.